The monoisotopic (exact) mass is 257 g/mol. The molecule has 1 aliphatic heterocycles. The molecule has 0 aromatic carbocycles. The summed E-state index contributed by atoms with van der Waals surface area (Å²) in [6.07, 6.45) is 2.07. The van der Waals surface area contributed by atoms with Gasteiger partial charge in [0.25, 0.3) is 0 Å². The Bertz CT molecular complexity index is 405. The van der Waals surface area contributed by atoms with Crippen LogP contribution in [0.3, 0.4) is 0 Å². The average Bonchev–Trinajstić information content (AvgIpc) is 2.78. The van der Waals surface area contributed by atoms with Gasteiger partial charge in [0.2, 0.25) is 0 Å². The summed E-state index contributed by atoms with van der Waals surface area (Å²) in [6.45, 7) is 4.89. The van der Waals surface area contributed by atoms with E-state index in [-0.39, 0.29) is 12.1 Å². The second kappa shape index (κ2) is 4.96. The molecule has 3 unspecified atom stereocenters. The van der Waals surface area contributed by atoms with E-state index in [1.165, 1.54) is 0 Å². The molecule has 1 fully saturated rings. The van der Waals surface area contributed by atoms with E-state index in [2.05, 4.69) is 12.0 Å². The second-order valence-electron chi connectivity index (χ2n) is 4.87. The first-order valence-electron chi connectivity index (χ1n) is 6.06. The average molecular weight is 258 g/mol. The molecule has 1 aromatic heterocycles. The van der Waals surface area contributed by atoms with Gasteiger partial charge in [-0.05, 0) is 26.7 Å². The van der Waals surface area contributed by atoms with Crippen LogP contribution >= 0.6 is 11.6 Å². The Kier molecular flexibility index (Phi) is 3.76. The lowest BCUT2D eigenvalue weighted by Gasteiger charge is -2.21. The van der Waals surface area contributed by atoms with Crippen molar-refractivity contribution in [3.8, 4) is 0 Å². The number of nitrogens with zero attached hydrogens (tertiary/aromatic N) is 2. The first-order valence-corrected chi connectivity index (χ1v) is 6.43. The Hall–Kier alpha value is -0.580. The summed E-state index contributed by atoms with van der Waals surface area (Å²) < 4.78 is 7.26. The Balaban J connectivity index is 2.10. The van der Waals surface area contributed by atoms with Crippen LogP contribution in [-0.4, -0.2) is 28.5 Å². The standard InChI is InChI=1S/C12H20ClN3O/c1-7-10(12(13)16(3)15-7)6-11(14)9-4-5-17-8(9)2/h8-9,11H,4-6,14H2,1-3H3. The Morgan fingerprint density at radius 1 is 1.65 bits per heavy atom. The summed E-state index contributed by atoms with van der Waals surface area (Å²) >= 11 is 6.21. The van der Waals surface area contributed by atoms with Crippen molar-refractivity contribution in [2.45, 2.75) is 38.8 Å². The van der Waals surface area contributed by atoms with Gasteiger partial charge in [-0.2, -0.15) is 5.10 Å². The van der Waals surface area contributed by atoms with Crippen LogP contribution in [0.25, 0.3) is 0 Å². The van der Waals surface area contributed by atoms with Gasteiger partial charge in [0.1, 0.15) is 5.15 Å². The molecule has 1 aliphatic rings. The van der Waals surface area contributed by atoms with Crippen LogP contribution in [0.4, 0.5) is 0 Å². The van der Waals surface area contributed by atoms with Gasteiger partial charge in [-0.1, -0.05) is 11.6 Å². The number of aryl methyl sites for hydroxylation is 2. The molecule has 96 valence electrons. The molecule has 4 nitrogen and oxygen atoms in total. The summed E-state index contributed by atoms with van der Waals surface area (Å²) in [5.41, 5.74) is 8.31. The molecule has 0 spiro atoms. The van der Waals surface area contributed by atoms with Gasteiger partial charge >= 0.3 is 0 Å². The number of halogens is 1. The molecule has 0 aliphatic carbocycles. The summed E-state index contributed by atoms with van der Waals surface area (Å²) in [7, 11) is 1.85. The molecule has 0 saturated carbocycles. The predicted octanol–water partition coefficient (Wildman–Crippen LogP) is 1.68. The van der Waals surface area contributed by atoms with Crippen molar-refractivity contribution >= 4 is 11.6 Å². The normalized spacial score (nSPS) is 26.4. The molecule has 0 radical (unpaired) electrons. The highest BCUT2D eigenvalue weighted by Crippen LogP contribution is 2.27. The zero-order chi connectivity index (χ0) is 12.6. The van der Waals surface area contributed by atoms with Crippen LogP contribution in [0.1, 0.15) is 24.6 Å². The van der Waals surface area contributed by atoms with Crippen molar-refractivity contribution in [2.24, 2.45) is 18.7 Å². The first-order chi connectivity index (χ1) is 8.00. The SMILES string of the molecule is Cc1nn(C)c(Cl)c1CC(N)C1CCOC1C. The molecule has 2 heterocycles. The van der Waals surface area contributed by atoms with Crippen LogP contribution < -0.4 is 5.73 Å². The molecule has 17 heavy (non-hydrogen) atoms. The molecule has 2 N–H and O–H groups in total. The summed E-state index contributed by atoms with van der Waals surface area (Å²) in [5.74, 6) is 0.422. The fourth-order valence-electron chi connectivity index (χ4n) is 2.60. The molecular weight excluding hydrogens is 238 g/mol. The van der Waals surface area contributed by atoms with Crippen LogP contribution in [-0.2, 0) is 18.2 Å². The van der Waals surface area contributed by atoms with Gasteiger partial charge in [0.05, 0.1) is 11.8 Å². The zero-order valence-corrected chi connectivity index (χ0v) is 11.4. The van der Waals surface area contributed by atoms with Gasteiger partial charge in [0, 0.05) is 31.2 Å². The lowest BCUT2D eigenvalue weighted by atomic mass is 9.90. The van der Waals surface area contributed by atoms with Gasteiger partial charge in [-0.15, -0.1) is 0 Å². The molecule has 1 saturated heterocycles. The summed E-state index contributed by atoms with van der Waals surface area (Å²) in [4.78, 5) is 0. The van der Waals surface area contributed by atoms with Gasteiger partial charge < -0.3 is 10.5 Å². The minimum Gasteiger partial charge on any atom is -0.378 e. The van der Waals surface area contributed by atoms with Crippen LogP contribution in [0.2, 0.25) is 5.15 Å². The topological polar surface area (TPSA) is 53.1 Å². The third-order valence-corrected chi connectivity index (χ3v) is 4.17. The molecule has 3 atom stereocenters. The molecule has 0 bridgehead atoms. The van der Waals surface area contributed by atoms with Crippen LogP contribution in [0, 0.1) is 12.8 Å². The zero-order valence-electron chi connectivity index (χ0n) is 10.6. The van der Waals surface area contributed by atoms with Gasteiger partial charge in [-0.25, -0.2) is 0 Å². The van der Waals surface area contributed by atoms with Crippen molar-refractivity contribution in [3.05, 3.63) is 16.4 Å². The minimum absolute atomic E-state index is 0.0906. The predicted molar refractivity (Wildman–Crippen MR) is 68.2 cm³/mol. The second-order valence-corrected chi connectivity index (χ2v) is 5.23. The third kappa shape index (κ3) is 2.49. The first kappa shape index (κ1) is 12.9. The van der Waals surface area contributed by atoms with Gasteiger partial charge in [0.15, 0.2) is 0 Å². The van der Waals surface area contributed by atoms with E-state index >= 15 is 0 Å². The number of ether oxygens (including phenoxy) is 1. The molecule has 2 rings (SSSR count). The quantitative estimate of drug-likeness (QED) is 0.896. The lowest BCUT2D eigenvalue weighted by molar-refractivity contribution is 0.0995. The fourth-order valence-corrected chi connectivity index (χ4v) is 2.86. The maximum Gasteiger partial charge on any atom is 0.130 e. The summed E-state index contributed by atoms with van der Waals surface area (Å²) in [5, 5.41) is 5.01. The molecule has 0 amide bonds. The number of aromatic nitrogens is 2. The number of hydrogen-bond donors (Lipinski definition) is 1. The van der Waals surface area contributed by atoms with Crippen molar-refractivity contribution in [3.63, 3.8) is 0 Å². The van der Waals surface area contributed by atoms with Crippen molar-refractivity contribution < 1.29 is 4.74 Å². The van der Waals surface area contributed by atoms with Crippen molar-refractivity contribution in [1.82, 2.24) is 9.78 Å². The molecular formula is C12H20ClN3O. The van der Waals surface area contributed by atoms with E-state index in [0.29, 0.717) is 11.1 Å². The number of rotatable bonds is 3. The highest BCUT2D eigenvalue weighted by Gasteiger charge is 2.30. The highest BCUT2D eigenvalue weighted by atomic mass is 35.5. The third-order valence-electron chi connectivity index (χ3n) is 3.69. The van der Waals surface area contributed by atoms with E-state index in [9.17, 15) is 0 Å². The lowest BCUT2D eigenvalue weighted by Crippen LogP contribution is -2.36. The van der Waals surface area contributed by atoms with E-state index in [1.54, 1.807) is 4.68 Å². The minimum atomic E-state index is 0.0906. The molecule has 1 aromatic rings. The number of hydrogen-bond acceptors (Lipinski definition) is 3. The van der Waals surface area contributed by atoms with E-state index in [4.69, 9.17) is 22.1 Å². The summed E-state index contributed by atoms with van der Waals surface area (Å²) in [6, 6.07) is 0.0906. The van der Waals surface area contributed by atoms with Crippen molar-refractivity contribution in [1.29, 1.82) is 0 Å². The van der Waals surface area contributed by atoms with E-state index in [0.717, 1.165) is 30.7 Å². The van der Waals surface area contributed by atoms with Crippen molar-refractivity contribution in [2.75, 3.05) is 6.61 Å². The smallest absolute Gasteiger partial charge is 0.130 e. The van der Waals surface area contributed by atoms with Crippen LogP contribution in [0.5, 0.6) is 0 Å². The maximum atomic E-state index is 6.27. The Labute approximate surface area is 107 Å². The fraction of sp³-hybridized carbons (Fsp3) is 0.750. The maximum absolute atomic E-state index is 6.27. The molecule has 5 heteroatoms. The highest BCUT2D eigenvalue weighted by molar-refractivity contribution is 6.30. The number of nitrogens with two attached hydrogens (primary N) is 1. The van der Waals surface area contributed by atoms with Gasteiger partial charge in [-0.3, -0.25) is 4.68 Å². The van der Waals surface area contributed by atoms with E-state index in [1.807, 2.05) is 14.0 Å². The Morgan fingerprint density at radius 2 is 2.35 bits per heavy atom. The largest absolute Gasteiger partial charge is 0.378 e. The van der Waals surface area contributed by atoms with Crippen LogP contribution in [0.15, 0.2) is 0 Å². The Morgan fingerprint density at radius 3 is 2.82 bits per heavy atom. The van der Waals surface area contributed by atoms with E-state index < -0.39 is 0 Å².